The maximum atomic E-state index is 12.2. The second kappa shape index (κ2) is 5.21. The Morgan fingerprint density at radius 1 is 1.20 bits per heavy atom. The standard InChI is InChI=1S/C13H17N3O2S2/c1-9-5-14-12(15-6-9)20(17,18)8-11-16-10(7-19-11)13(2,3)4/h5-7H,8H2,1-4H3. The third-order valence-corrected chi connectivity index (χ3v) is 5.12. The number of aryl methyl sites for hydroxylation is 1. The predicted molar refractivity (Wildman–Crippen MR) is 78.5 cm³/mol. The molecule has 0 saturated heterocycles. The molecule has 0 radical (unpaired) electrons. The number of hydrogen-bond acceptors (Lipinski definition) is 6. The summed E-state index contributed by atoms with van der Waals surface area (Å²) in [5, 5.41) is 2.33. The Morgan fingerprint density at radius 2 is 1.80 bits per heavy atom. The van der Waals surface area contributed by atoms with Gasteiger partial charge in [-0.15, -0.1) is 11.3 Å². The lowest BCUT2D eigenvalue weighted by Crippen LogP contribution is -2.13. The van der Waals surface area contributed by atoms with Gasteiger partial charge in [-0.1, -0.05) is 20.8 Å². The summed E-state index contributed by atoms with van der Waals surface area (Å²) in [6.07, 6.45) is 3.00. The van der Waals surface area contributed by atoms with Gasteiger partial charge >= 0.3 is 0 Å². The van der Waals surface area contributed by atoms with Gasteiger partial charge < -0.3 is 0 Å². The first-order chi connectivity index (χ1) is 9.18. The summed E-state index contributed by atoms with van der Waals surface area (Å²) in [6, 6.07) is 0. The largest absolute Gasteiger partial charge is 0.247 e. The molecule has 2 rings (SSSR count). The van der Waals surface area contributed by atoms with Crippen LogP contribution in [0.15, 0.2) is 22.9 Å². The van der Waals surface area contributed by atoms with Crippen molar-refractivity contribution in [1.82, 2.24) is 15.0 Å². The quantitative estimate of drug-likeness (QED) is 0.814. The first-order valence-electron chi connectivity index (χ1n) is 6.15. The van der Waals surface area contributed by atoms with E-state index in [1.54, 1.807) is 0 Å². The third kappa shape index (κ3) is 3.40. The number of hydrogen-bond donors (Lipinski definition) is 0. The van der Waals surface area contributed by atoms with Crippen LogP contribution in [0.1, 0.15) is 37.0 Å². The van der Waals surface area contributed by atoms with Crippen LogP contribution in [0, 0.1) is 6.92 Å². The number of nitrogens with zero attached hydrogens (tertiary/aromatic N) is 3. The van der Waals surface area contributed by atoms with Crippen molar-refractivity contribution in [3.8, 4) is 0 Å². The fourth-order valence-corrected chi connectivity index (χ4v) is 3.98. The average Bonchev–Trinajstić information content (AvgIpc) is 2.77. The van der Waals surface area contributed by atoms with Crippen molar-refractivity contribution in [2.45, 2.75) is 44.0 Å². The summed E-state index contributed by atoms with van der Waals surface area (Å²) < 4.78 is 24.4. The predicted octanol–water partition coefficient (Wildman–Crippen LogP) is 2.51. The zero-order chi connectivity index (χ0) is 15.0. The Bertz CT molecular complexity index is 698. The number of aromatic nitrogens is 3. The lowest BCUT2D eigenvalue weighted by molar-refractivity contribution is 0.569. The fraction of sp³-hybridized carbons (Fsp3) is 0.462. The minimum atomic E-state index is -3.54. The molecule has 0 unspecified atom stereocenters. The molecule has 0 amide bonds. The van der Waals surface area contributed by atoms with Crippen molar-refractivity contribution in [3.63, 3.8) is 0 Å². The van der Waals surface area contributed by atoms with Crippen LogP contribution in [0.25, 0.3) is 0 Å². The van der Waals surface area contributed by atoms with E-state index in [1.807, 2.05) is 33.1 Å². The Balaban J connectivity index is 2.25. The second-order valence-corrected chi connectivity index (χ2v) is 8.50. The van der Waals surface area contributed by atoms with Gasteiger partial charge in [0.15, 0.2) is 0 Å². The van der Waals surface area contributed by atoms with Gasteiger partial charge in [-0.05, 0) is 12.5 Å². The molecule has 0 aliphatic heterocycles. The third-order valence-electron chi connectivity index (χ3n) is 2.67. The normalized spacial score (nSPS) is 12.6. The zero-order valence-electron chi connectivity index (χ0n) is 11.9. The van der Waals surface area contributed by atoms with Crippen molar-refractivity contribution < 1.29 is 8.42 Å². The molecule has 7 heteroatoms. The molecule has 2 aromatic heterocycles. The van der Waals surface area contributed by atoms with E-state index in [1.165, 1.54) is 23.7 Å². The molecule has 0 aliphatic rings. The summed E-state index contributed by atoms with van der Waals surface area (Å²) in [4.78, 5) is 12.2. The maximum absolute atomic E-state index is 12.2. The van der Waals surface area contributed by atoms with Gasteiger partial charge in [-0.2, -0.15) is 0 Å². The van der Waals surface area contributed by atoms with Gasteiger partial charge in [0.1, 0.15) is 10.8 Å². The summed E-state index contributed by atoms with van der Waals surface area (Å²) >= 11 is 1.36. The van der Waals surface area contributed by atoms with Crippen LogP contribution < -0.4 is 0 Å². The van der Waals surface area contributed by atoms with Gasteiger partial charge in [0.25, 0.3) is 0 Å². The highest BCUT2D eigenvalue weighted by Gasteiger charge is 2.23. The molecule has 0 aromatic carbocycles. The van der Waals surface area contributed by atoms with Crippen LogP contribution >= 0.6 is 11.3 Å². The van der Waals surface area contributed by atoms with Gasteiger partial charge in [-0.3, -0.25) is 0 Å². The Kier molecular flexibility index (Phi) is 3.93. The first kappa shape index (κ1) is 15.1. The molecule has 0 atom stereocenters. The van der Waals surface area contributed by atoms with Crippen LogP contribution in [-0.4, -0.2) is 23.4 Å². The van der Waals surface area contributed by atoms with E-state index in [4.69, 9.17) is 0 Å². The lowest BCUT2D eigenvalue weighted by atomic mass is 9.93. The number of rotatable bonds is 3. The topological polar surface area (TPSA) is 72.8 Å². The second-order valence-electron chi connectivity index (χ2n) is 5.68. The summed E-state index contributed by atoms with van der Waals surface area (Å²) in [5.41, 5.74) is 1.64. The molecule has 2 heterocycles. The molecular weight excluding hydrogens is 294 g/mol. The summed E-state index contributed by atoms with van der Waals surface area (Å²) in [6.45, 7) is 7.95. The minimum absolute atomic E-state index is 0.0845. The highest BCUT2D eigenvalue weighted by Crippen LogP contribution is 2.25. The van der Waals surface area contributed by atoms with E-state index in [0.717, 1.165) is 11.3 Å². The SMILES string of the molecule is Cc1cnc(S(=O)(=O)Cc2nc(C(C)(C)C)cs2)nc1. The zero-order valence-corrected chi connectivity index (χ0v) is 13.5. The van der Waals surface area contributed by atoms with Gasteiger partial charge in [0.05, 0.1) is 5.69 Å². The molecule has 0 N–H and O–H groups in total. The van der Waals surface area contributed by atoms with Crippen LogP contribution in [0.4, 0.5) is 0 Å². The van der Waals surface area contributed by atoms with Crippen LogP contribution in [0.5, 0.6) is 0 Å². The van der Waals surface area contributed by atoms with Gasteiger partial charge in [-0.25, -0.2) is 23.4 Å². The summed E-state index contributed by atoms with van der Waals surface area (Å²) in [7, 11) is -3.54. The number of thiazole rings is 1. The van der Waals surface area contributed by atoms with E-state index in [2.05, 4.69) is 15.0 Å². The molecule has 20 heavy (non-hydrogen) atoms. The first-order valence-corrected chi connectivity index (χ1v) is 8.68. The maximum Gasteiger partial charge on any atom is 0.247 e. The Hall–Kier alpha value is -1.34. The smallest absolute Gasteiger partial charge is 0.245 e. The van der Waals surface area contributed by atoms with E-state index in [9.17, 15) is 8.42 Å². The fourth-order valence-electron chi connectivity index (χ4n) is 1.49. The van der Waals surface area contributed by atoms with Crippen LogP contribution in [0.3, 0.4) is 0 Å². The van der Waals surface area contributed by atoms with E-state index >= 15 is 0 Å². The van der Waals surface area contributed by atoms with E-state index < -0.39 is 9.84 Å². The minimum Gasteiger partial charge on any atom is -0.245 e. The molecule has 0 aliphatic carbocycles. The van der Waals surface area contributed by atoms with Crippen molar-refractivity contribution >= 4 is 21.2 Å². The lowest BCUT2D eigenvalue weighted by Gasteiger charge is -2.14. The van der Waals surface area contributed by atoms with Crippen molar-refractivity contribution in [2.24, 2.45) is 0 Å². The van der Waals surface area contributed by atoms with Crippen molar-refractivity contribution in [3.05, 3.63) is 34.0 Å². The van der Waals surface area contributed by atoms with E-state index in [-0.39, 0.29) is 16.3 Å². The van der Waals surface area contributed by atoms with Crippen molar-refractivity contribution in [2.75, 3.05) is 0 Å². The van der Waals surface area contributed by atoms with E-state index in [0.29, 0.717) is 5.01 Å². The van der Waals surface area contributed by atoms with Crippen LogP contribution in [0.2, 0.25) is 0 Å². The van der Waals surface area contributed by atoms with Gasteiger partial charge in [0, 0.05) is 23.2 Å². The highest BCUT2D eigenvalue weighted by atomic mass is 32.2. The molecule has 0 fully saturated rings. The Labute approximate surface area is 123 Å². The molecule has 2 aromatic rings. The van der Waals surface area contributed by atoms with Gasteiger partial charge in [0.2, 0.25) is 15.0 Å². The summed E-state index contributed by atoms with van der Waals surface area (Å²) in [5.74, 6) is -0.156. The molecule has 5 nitrogen and oxygen atoms in total. The molecule has 0 spiro atoms. The molecule has 0 bridgehead atoms. The van der Waals surface area contributed by atoms with Crippen LogP contribution in [-0.2, 0) is 21.0 Å². The average molecular weight is 311 g/mol. The highest BCUT2D eigenvalue weighted by molar-refractivity contribution is 7.90. The Morgan fingerprint density at radius 3 is 2.30 bits per heavy atom. The molecule has 0 saturated carbocycles. The molecular formula is C13H17N3O2S2. The number of sulfone groups is 1. The monoisotopic (exact) mass is 311 g/mol. The molecule has 108 valence electrons. The van der Waals surface area contributed by atoms with Crippen molar-refractivity contribution in [1.29, 1.82) is 0 Å².